The first-order chi connectivity index (χ1) is 7.63. The van der Waals surface area contributed by atoms with E-state index in [1.807, 2.05) is 11.3 Å². The lowest BCUT2D eigenvalue weighted by Crippen LogP contribution is -2.20. The van der Waals surface area contributed by atoms with E-state index in [-0.39, 0.29) is 0 Å². The van der Waals surface area contributed by atoms with Crippen molar-refractivity contribution in [2.75, 3.05) is 13.1 Å². The summed E-state index contributed by atoms with van der Waals surface area (Å²) in [5, 5.41) is 3.52. The molecule has 1 rings (SSSR count). The number of rotatable bonds is 7. The molecule has 0 amide bonds. The molecule has 0 radical (unpaired) electrons. The predicted molar refractivity (Wildman–Crippen MR) is 73.0 cm³/mol. The Morgan fingerprint density at radius 3 is 2.75 bits per heavy atom. The highest BCUT2D eigenvalue weighted by Crippen LogP contribution is 2.20. The second-order valence-electron chi connectivity index (χ2n) is 4.62. The Morgan fingerprint density at radius 1 is 1.44 bits per heavy atom. The minimum atomic E-state index is 0.728. The molecule has 0 aliphatic heterocycles. The van der Waals surface area contributed by atoms with Crippen LogP contribution >= 0.6 is 11.3 Å². The Balaban J connectivity index is 2.20. The molecule has 3 N–H and O–H groups in total. The topological polar surface area (TPSA) is 38.0 Å². The van der Waals surface area contributed by atoms with E-state index >= 15 is 0 Å². The van der Waals surface area contributed by atoms with Gasteiger partial charge in [0.05, 0.1) is 0 Å². The molecule has 1 heterocycles. The largest absolute Gasteiger partial charge is 0.330 e. The zero-order valence-corrected chi connectivity index (χ0v) is 11.5. The van der Waals surface area contributed by atoms with Gasteiger partial charge in [0.2, 0.25) is 0 Å². The third-order valence-corrected chi connectivity index (χ3v) is 4.06. The van der Waals surface area contributed by atoms with Gasteiger partial charge in [0.1, 0.15) is 0 Å². The molecular formula is C13H24N2S. The molecule has 1 unspecified atom stereocenters. The van der Waals surface area contributed by atoms with E-state index in [1.54, 1.807) is 0 Å². The van der Waals surface area contributed by atoms with Gasteiger partial charge in [-0.2, -0.15) is 0 Å². The second kappa shape index (κ2) is 7.05. The Morgan fingerprint density at radius 2 is 2.19 bits per heavy atom. The zero-order valence-electron chi connectivity index (χ0n) is 10.7. The Bertz CT molecular complexity index is 287. The van der Waals surface area contributed by atoms with Crippen LogP contribution in [0.5, 0.6) is 0 Å². The normalized spacial score (nSPS) is 13.0. The lowest BCUT2D eigenvalue weighted by atomic mass is 10.1. The van der Waals surface area contributed by atoms with Gasteiger partial charge in [-0.1, -0.05) is 6.92 Å². The number of aryl methyl sites for hydroxylation is 2. The van der Waals surface area contributed by atoms with Crippen LogP contribution in [0.3, 0.4) is 0 Å². The third kappa shape index (κ3) is 4.64. The first kappa shape index (κ1) is 13.7. The van der Waals surface area contributed by atoms with Crippen molar-refractivity contribution < 1.29 is 0 Å². The van der Waals surface area contributed by atoms with E-state index in [4.69, 9.17) is 5.73 Å². The van der Waals surface area contributed by atoms with Crippen LogP contribution in [0, 0.1) is 19.8 Å². The quantitative estimate of drug-likeness (QED) is 0.769. The van der Waals surface area contributed by atoms with Crippen LogP contribution in [0.15, 0.2) is 6.07 Å². The van der Waals surface area contributed by atoms with Crippen molar-refractivity contribution in [3.8, 4) is 0 Å². The number of nitrogens with one attached hydrogen (secondary N) is 1. The van der Waals surface area contributed by atoms with Gasteiger partial charge in [0, 0.05) is 16.3 Å². The summed E-state index contributed by atoms with van der Waals surface area (Å²) < 4.78 is 0. The number of thiophene rings is 1. The van der Waals surface area contributed by atoms with Crippen LogP contribution < -0.4 is 11.1 Å². The average molecular weight is 240 g/mol. The zero-order chi connectivity index (χ0) is 12.0. The van der Waals surface area contributed by atoms with Gasteiger partial charge >= 0.3 is 0 Å². The van der Waals surface area contributed by atoms with Crippen LogP contribution in [0.1, 0.15) is 35.1 Å². The number of hydrogen-bond donors (Lipinski definition) is 2. The van der Waals surface area contributed by atoms with Crippen molar-refractivity contribution in [1.82, 2.24) is 5.32 Å². The van der Waals surface area contributed by atoms with E-state index in [1.165, 1.54) is 21.7 Å². The fourth-order valence-electron chi connectivity index (χ4n) is 1.75. The highest BCUT2D eigenvalue weighted by molar-refractivity contribution is 7.12. The lowest BCUT2D eigenvalue weighted by Gasteiger charge is -2.11. The molecule has 0 saturated heterocycles. The lowest BCUT2D eigenvalue weighted by molar-refractivity contribution is 0.470. The maximum atomic E-state index is 5.50. The van der Waals surface area contributed by atoms with Crippen LogP contribution in [0.25, 0.3) is 0 Å². The minimum Gasteiger partial charge on any atom is -0.330 e. The maximum Gasteiger partial charge on any atom is 0.0300 e. The van der Waals surface area contributed by atoms with Crippen molar-refractivity contribution >= 4 is 11.3 Å². The molecule has 3 heteroatoms. The highest BCUT2D eigenvalue weighted by Gasteiger charge is 2.03. The maximum absolute atomic E-state index is 5.50. The van der Waals surface area contributed by atoms with Crippen molar-refractivity contribution in [3.63, 3.8) is 0 Å². The fraction of sp³-hybridized carbons (Fsp3) is 0.692. The fourth-order valence-corrected chi connectivity index (χ4v) is 2.77. The van der Waals surface area contributed by atoms with Crippen LogP contribution in [-0.2, 0) is 6.54 Å². The molecule has 16 heavy (non-hydrogen) atoms. The summed E-state index contributed by atoms with van der Waals surface area (Å²) in [5.74, 6) is 0.728. The van der Waals surface area contributed by atoms with E-state index in [0.717, 1.165) is 32.0 Å². The van der Waals surface area contributed by atoms with Crippen molar-refractivity contribution in [3.05, 3.63) is 21.4 Å². The molecule has 0 spiro atoms. The molecule has 0 fully saturated rings. The molecule has 0 aliphatic rings. The summed E-state index contributed by atoms with van der Waals surface area (Å²) in [6, 6.07) is 2.29. The van der Waals surface area contributed by atoms with Gasteiger partial charge < -0.3 is 11.1 Å². The van der Waals surface area contributed by atoms with E-state index in [2.05, 4.69) is 32.2 Å². The molecule has 1 atom stereocenters. The molecule has 2 nitrogen and oxygen atoms in total. The SMILES string of the molecule is Cc1cc(CNCC(C)CCCN)sc1C. The van der Waals surface area contributed by atoms with Crippen LogP contribution in [-0.4, -0.2) is 13.1 Å². The van der Waals surface area contributed by atoms with Crippen molar-refractivity contribution in [2.45, 2.75) is 40.2 Å². The van der Waals surface area contributed by atoms with E-state index < -0.39 is 0 Å². The molecule has 0 aliphatic carbocycles. The summed E-state index contributed by atoms with van der Waals surface area (Å²) in [5.41, 5.74) is 6.91. The summed E-state index contributed by atoms with van der Waals surface area (Å²) in [6.07, 6.45) is 2.37. The van der Waals surface area contributed by atoms with Crippen molar-refractivity contribution in [2.24, 2.45) is 11.7 Å². The van der Waals surface area contributed by atoms with Gasteiger partial charge in [0.15, 0.2) is 0 Å². The summed E-state index contributed by atoms with van der Waals surface area (Å²) in [7, 11) is 0. The molecule has 1 aromatic heterocycles. The third-order valence-electron chi connectivity index (χ3n) is 2.91. The smallest absolute Gasteiger partial charge is 0.0300 e. The standard InChI is InChI=1S/C13H24N2S/c1-10(5-4-6-14)8-15-9-13-7-11(2)12(3)16-13/h7,10,15H,4-6,8-9,14H2,1-3H3. The second-order valence-corrected chi connectivity index (χ2v) is 5.96. The Hall–Kier alpha value is -0.380. The summed E-state index contributed by atoms with van der Waals surface area (Å²) in [4.78, 5) is 2.88. The van der Waals surface area contributed by atoms with Gasteiger partial charge in [-0.05, 0) is 57.3 Å². The molecule has 0 aromatic carbocycles. The number of nitrogens with two attached hydrogens (primary N) is 1. The summed E-state index contributed by atoms with van der Waals surface area (Å²) in [6.45, 7) is 9.57. The Labute approximate surface area is 103 Å². The first-order valence-corrected chi connectivity index (χ1v) is 6.91. The van der Waals surface area contributed by atoms with Gasteiger partial charge in [-0.25, -0.2) is 0 Å². The molecular weight excluding hydrogens is 216 g/mol. The van der Waals surface area contributed by atoms with E-state index in [9.17, 15) is 0 Å². The number of hydrogen-bond acceptors (Lipinski definition) is 3. The average Bonchev–Trinajstić information content (AvgIpc) is 2.55. The molecule has 1 aromatic rings. The monoisotopic (exact) mass is 240 g/mol. The minimum absolute atomic E-state index is 0.728. The van der Waals surface area contributed by atoms with E-state index in [0.29, 0.717) is 0 Å². The van der Waals surface area contributed by atoms with Gasteiger partial charge in [0.25, 0.3) is 0 Å². The summed E-state index contributed by atoms with van der Waals surface area (Å²) >= 11 is 1.90. The molecule has 0 bridgehead atoms. The Kier molecular flexibility index (Phi) is 6.03. The molecule has 0 saturated carbocycles. The van der Waals surface area contributed by atoms with Gasteiger partial charge in [-0.15, -0.1) is 11.3 Å². The molecule has 92 valence electrons. The van der Waals surface area contributed by atoms with Crippen LogP contribution in [0.2, 0.25) is 0 Å². The van der Waals surface area contributed by atoms with Crippen LogP contribution in [0.4, 0.5) is 0 Å². The predicted octanol–water partition coefficient (Wildman–Crippen LogP) is 2.83. The van der Waals surface area contributed by atoms with Crippen molar-refractivity contribution in [1.29, 1.82) is 0 Å². The highest BCUT2D eigenvalue weighted by atomic mass is 32.1. The first-order valence-electron chi connectivity index (χ1n) is 6.10. The van der Waals surface area contributed by atoms with Gasteiger partial charge in [-0.3, -0.25) is 0 Å².